The molecule has 1 aliphatic heterocycles. The summed E-state index contributed by atoms with van der Waals surface area (Å²) in [6.45, 7) is 15.3. The van der Waals surface area contributed by atoms with E-state index in [1.165, 1.54) is 44.9 Å². The summed E-state index contributed by atoms with van der Waals surface area (Å²) in [5.74, 6) is 3.44. The molecule has 196 valence electrons. The van der Waals surface area contributed by atoms with Gasteiger partial charge in [-0.05, 0) is 87.0 Å². The van der Waals surface area contributed by atoms with Crippen LogP contribution in [0.2, 0.25) is 0 Å². The second-order valence-corrected chi connectivity index (χ2v) is 12.7. The van der Waals surface area contributed by atoms with E-state index in [2.05, 4.69) is 34.6 Å². The minimum atomic E-state index is -4.83. The molecule has 0 saturated heterocycles. The Labute approximate surface area is 236 Å². The minimum absolute atomic E-state index is 0. The zero-order chi connectivity index (χ0) is 25.5. The first-order valence-corrected chi connectivity index (χ1v) is 14.8. The van der Waals surface area contributed by atoms with Gasteiger partial charge in [0.25, 0.3) is 0 Å². The molecule has 1 aromatic carbocycles. The van der Waals surface area contributed by atoms with Gasteiger partial charge in [-0.3, -0.25) is 4.57 Å². The van der Waals surface area contributed by atoms with Crippen LogP contribution in [0.4, 0.5) is 0 Å². The molecule has 5 nitrogen and oxygen atoms in total. The zero-order valence-electron chi connectivity index (χ0n) is 23.6. The maximum absolute atomic E-state index is 11.2. The number of aryl methyl sites for hydroxylation is 1. The number of rotatable bonds is 14. The number of benzene rings is 1. The first-order chi connectivity index (χ1) is 15.8. The van der Waals surface area contributed by atoms with Gasteiger partial charge >= 0.3 is 37.4 Å². The van der Waals surface area contributed by atoms with E-state index in [4.69, 9.17) is 14.2 Å². The van der Waals surface area contributed by atoms with Crippen LogP contribution in [0.3, 0.4) is 0 Å². The Bertz CT molecular complexity index is 837. The molecule has 1 N–H and O–H groups in total. The maximum Gasteiger partial charge on any atom is 1.00 e. The second kappa shape index (κ2) is 14.8. The molecule has 35 heavy (non-hydrogen) atoms. The summed E-state index contributed by atoms with van der Waals surface area (Å²) >= 11 is 0. The van der Waals surface area contributed by atoms with Crippen LogP contribution in [0.1, 0.15) is 116 Å². The van der Waals surface area contributed by atoms with Crippen molar-refractivity contribution in [3.05, 3.63) is 22.8 Å². The van der Waals surface area contributed by atoms with Crippen molar-refractivity contribution < 1.29 is 53.2 Å². The van der Waals surface area contributed by atoms with Crippen LogP contribution in [0.25, 0.3) is 0 Å². The van der Waals surface area contributed by atoms with Crippen molar-refractivity contribution in [3.8, 4) is 11.5 Å². The fourth-order valence-electron chi connectivity index (χ4n) is 5.15. The van der Waals surface area contributed by atoms with Crippen molar-refractivity contribution in [3.63, 3.8) is 0 Å². The first-order valence-electron chi connectivity index (χ1n) is 13.3. The monoisotopic (exact) mass is 518 g/mol. The Balaban J connectivity index is 0.00000612. The van der Waals surface area contributed by atoms with Crippen molar-refractivity contribution in [2.75, 3.05) is 0 Å². The van der Waals surface area contributed by atoms with E-state index in [9.17, 15) is 9.46 Å². The zero-order valence-corrected chi connectivity index (χ0v) is 26.5. The van der Waals surface area contributed by atoms with Crippen LogP contribution in [-0.4, -0.2) is 10.5 Å². The van der Waals surface area contributed by atoms with Gasteiger partial charge in [-0.1, -0.05) is 72.6 Å². The Morgan fingerprint density at radius 1 is 1.03 bits per heavy atom. The molecule has 0 amide bonds. The minimum Gasteiger partial charge on any atom is -0.746 e. The van der Waals surface area contributed by atoms with Crippen LogP contribution in [-0.2, 0) is 11.0 Å². The van der Waals surface area contributed by atoms with Crippen molar-refractivity contribution in [2.24, 2.45) is 17.8 Å². The summed E-state index contributed by atoms with van der Waals surface area (Å²) in [5.41, 5.74) is 2.30. The number of fused-ring (bicyclic) bond motifs is 1. The summed E-state index contributed by atoms with van der Waals surface area (Å²) in [4.78, 5) is 20.3. The third-order valence-electron chi connectivity index (χ3n) is 7.63. The molecule has 4 atom stereocenters. The smallest absolute Gasteiger partial charge is 0.746 e. The molecule has 7 heteroatoms. The quantitative estimate of drug-likeness (QED) is 0.286. The van der Waals surface area contributed by atoms with Crippen LogP contribution in [0.15, 0.2) is 6.07 Å². The Morgan fingerprint density at radius 2 is 1.57 bits per heavy atom. The second-order valence-electron chi connectivity index (χ2n) is 11.6. The molecule has 0 spiro atoms. The number of hydrogen-bond donors (Lipinski definition) is 1. The number of phosphoric acid groups is 1. The Morgan fingerprint density at radius 3 is 2.11 bits per heavy atom. The standard InChI is InChI=1S/C28H49O5P.Na/c1-20(2)11-8-12-21(3)13-9-14-22(4)15-10-17-28(7)18-16-25-19-26(33-34(29,30)31)23(5)24(6)27(25)32-28;/h19-22H,8-18H2,1-7H3,(H2,29,30,31);/q;+1/p-1. The van der Waals surface area contributed by atoms with Gasteiger partial charge in [0, 0.05) is 0 Å². The average molecular weight is 519 g/mol. The van der Waals surface area contributed by atoms with E-state index in [0.717, 1.165) is 60.3 Å². The summed E-state index contributed by atoms with van der Waals surface area (Å²) in [6, 6.07) is 1.70. The molecule has 0 aliphatic carbocycles. The van der Waals surface area contributed by atoms with Crippen LogP contribution >= 0.6 is 7.82 Å². The van der Waals surface area contributed by atoms with Crippen LogP contribution in [0, 0.1) is 31.6 Å². The average Bonchev–Trinajstić information content (AvgIpc) is 2.71. The van der Waals surface area contributed by atoms with E-state index in [0.29, 0.717) is 5.56 Å². The molecular formula is C28H48NaO5P. The van der Waals surface area contributed by atoms with Gasteiger partial charge < -0.3 is 19.0 Å². The van der Waals surface area contributed by atoms with Gasteiger partial charge in [0.05, 0.1) is 0 Å². The molecule has 4 unspecified atom stereocenters. The molecule has 0 radical (unpaired) electrons. The van der Waals surface area contributed by atoms with Gasteiger partial charge in [-0.25, -0.2) is 0 Å². The maximum atomic E-state index is 11.2. The van der Waals surface area contributed by atoms with E-state index in [-0.39, 0.29) is 40.9 Å². The first kappa shape index (κ1) is 33.0. The largest absolute Gasteiger partial charge is 1.00 e. The predicted octanol–water partition coefficient (Wildman–Crippen LogP) is 4.67. The Kier molecular flexibility index (Phi) is 13.9. The van der Waals surface area contributed by atoms with Gasteiger partial charge in [-0.15, -0.1) is 0 Å². The van der Waals surface area contributed by atoms with E-state index in [1.807, 2.05) is 6.92 Å². The third kappa shape index (κ3) is 11.5. The van der Waals surface area contributed by atoms with Gasteiger partial charge in [0.15, 0.2) is 0 Å². The van der Waals surface area contributed by atoms with E-state index >= 15 is 0 Å². The number of hydrogen-bond acceptors (Lipinski definition) is 4. The topological polar surface area (TPSA) is 78.8 Å². The predicted molar refractivity (Wildman–Crippen MR) is 138 cm³/mol. The summed E-state index contributed by atoms with van der Waals surface area (Å²) in [6.07, 6.45) is 13.2. The molecule has 0 bridgehead atoms. The fraction of sp³-hybridized carbons (Fsp3) is 0.786. The number of phosphoric ester groups is 1. The van der Waals surface area contributed by atoms with Crippen molar-refractivity contribution in [1.29, 1.82) is 0 Å². The van der Waals surface area contributed by atoms with E-state index in [1.54, 1.807) is 13.0 Å². The molecule has 1 heterocycles. The summed E-state index contributed by atoms with van der Waals surface area (Å²) in [7, 11) is -4.83. The molecule has 0 aromatic heterocycles. The molecule has 0 saturated carbocycles. The molecular weight excluding hydrogens is 470 g/mol. The summed E-state index contributed by atoms with van der Waals surface area (Å²) < 4.78 is 22.5. The van der Waals surface area contributed by atoms with Gasteiger partial charge in [-0.2, -0.15) is 0 Å². The molecule has 2 rings (SSSR count). The van der Waals surface area contributed by atoms with Crippen LogP contribution < -0.4 is 43.7 Å². The molecule has 1 aromatic rings. The number of ether oxygens (including phenoxy) is 1. The Hall–Kier alpha value is -0.0300. The normalized spacial score (nSPS) is 20.9. The molecule has 1 aliphatic rings. The van der Waals surface area contributed by atoms with Crippen molar-refractivity contribution >= 4 is 7.82 Å². The van der Waals surface area contributed by atoms with Gasteiger partial charge in [0.2, 0.25) is 0 Å². The van der Waals surface area contributed by atoms with Crippen LogP contribution in [0.5, 0.6) is 11.5 Å². The van der Waals surface area contributed by atoms with Crippen molar-refractivity contribution in [1.82, 2.24) is 0 Å². The van der Waals surface area contributed by atoms with Gasteiger partial charge in [0.1, 0.15) is 17.1 Å². The third-order valence-corrected chi connectivity index (χ3v) is 8.06. The molecule has 0 fully saturated rings. The van der Waals surface area contributed by atoms with E-state index < -0.39 is 7.82 Å². The SMILES string of the molecule is Cc1c(OP(=O)([O-])O)cc2c(c1C)OC(C)(CCCC(C)CCCC(C)CCCC(C)C)CC2.[Na+]. The summed E-state index contributed by atoms with van der Waals surface area (Å²) in [5, 5.41) is 0. The fourth-order valence-corrected chi connectivity index (χ4v) is 5.59. The van der Waals surface area contributed by atoms with Crippen molar-refractivity contribution in [2.45, 2.75) is 125 Å².